The highest BCUT2D eigenvalue weighted by molar-refractivity contribution is 7.93. The molecule has 0 aliphatic carbocycles. The number of para-hydroxylation sites is 1. The Morgan fingerprint density at radius 1 is 1.35 bits per heavy atom. The summed E-state index contributed by atoms with van der Waals surface area (Å²) in [4.78, 5) is 10.5. The molecule has 6 heteroatoms. The number of rotatable bonds is 5. The molecule has 0 amide bonds. The number of hydrogen-bond acceptors (Lipinski definition) is 3. The van der Waals surface area contributed by atoms with Gasteiger partial charge in [0.25, 0.3) is 0 Å². The number of aliphatic carboxylic acids is 1. The second kappa shape index (κ2) is 5.18. The van der Waals surface area contributed by atoms with Crippen LogP contribution < -0.4 is 4.31 Å². The van der Waals surface area contributed by atoms with Crippen molar-refractivity contribution in [3.8, 4) is 0 Å². The molecule has 0 fully saturated rings. The number of hydrogen-bond donors (Lipinski definition) is 1. The second-order valence-corrected chi connectivity index (χ2v) is 6.14. The average Bonchev–Trinajstić information content (AvgIpc) is 2.28. The van der Waals surface area contributed by atoms with E-state index in [9.17, 15) is 13.2 Å². The number of anilines is 1. The number of carbonyl (C=O) groups is 1. The zero-order chi connectivity index (χ0) is 13.1. The third-order valence-corrected chi connectivity index (χ3v) is 4.63. The van der Waals surface area contributed by atoms with Gasteiger partial charge in [0.1, 0.15) is 0 Å². The Morgan fingerprint density at radius 2 is 1.88 bits per heavy atom. The summed E-state index contributed by atoms with van der Waals surface area (Å²) >= 11 is 0. The van der Waals surface area contributed by atoms with Crippen LogP contribution in [0.1, 0.15) is 13.3 Å². The van der Waals surface area contributed by atoms with Crippen LogP contribution in [0, 0.1) is 0 Å². The summed E-state index contributed by atoms with van der Waals surface area (Å²) in [5.74, 6) is -1.12. The van der Waals surface area contributed by atoms with Crippen molar-refractivity contribution in [1.29, 1.82) is 0 Å². The van der Waals surface area contributed by atoms with E-state index >= 15 is 0 Å². The van der Waals surface area contributed by atoms with Gasteiger partial charge in [-0.25, -0.2) is 8.42 Å². The predicted octanol–water partition coefficient (Wildman–Crippen LogP) is 1.32. The Morgan fingerprint density at radius 3 is 2.35 bits per heavy atom. The van der Waals surface area contributed by atoms with Crippen LogP contribution in [0.15, 0.2) is 30.3 Å². The maximum absolute atomic E-state index is 12.0. The van der Waals surface area contributed by atoms with E-state index < -0.39 is 27.7 Å². The molecule has 0 heterocycles. The van der Waals surface area contributed by atoms with Crippen LogP contribution in [0.25, 0.3) is 0 Å². The van der Waals surface area contributed by atoms with Crippen LogP contribution in [-0.2, 0) is 14.8 Å². The van der Waals surface area contributed by atoms with Gasteiger partial charge in [-0.15, -0.1) is 0 Å². The highest BCUT2D eigenvalue weighted by atomic mass is 32.2. The van der Waals surface area contributed by atoms with Gasteiger partial charge in [-0.05, 0) is 19.1 Å². The zero-order valence-electron chi connectivity index (χ0n) is 9.70. The van der Waals surface area contributed by atoms with Crippen molar-refractivity contribution in [2.75, 3.05) is 11.4 Å². The highest BCUT2D eigenvalue weighted by Gasteiger charge is 2.27. The molecule has 17 heavy (non-hydrogen) atoms. The fraction of sp³-hybridized carbons (Fsp3) is 0.364. The summed E-state index contributed by atoms with van der Waals surface area (Å²) in [5.41, 5.74) is 0.518. The first-order chi connectivity index (χ1) is 7.85. The van der Waals surface area contributed by atoms with Gasteiger partial charge in [-0.2, -0.15) is 0 Å². The van der Waals surface area contributed by atoms with Crippen molar-refractivity contribution in [1.82, 2.24) is 0 Å². The van der Waals surface area contributed by atoms with Gasteiger partial charge in [0.05, 0.1) is 17.4 Å². The lowest BCUT2D eigenvalue weighted by Gasteiger charge is -2.22. The van der Waals surface area contributed by atoms with Crippen molar-refractivity contribution in [3.63, 3.8) is 0 Å². The van der Waals surface area contributed by atoms with E-state index in [0.717, 1.165) is 4.31 Å². The maximum atomic E-state index is 12.0. The number of carboxylic acid groups (broad SMARTS) is 1. The number of nitrogens with zero attached hydrogens (tertiary/aromatic N) is 1. The van der Waals surface area contributed by atoms with Gasteiger partial charge < -0.3 is 5.11 Å². The van der Waals surface area contributed by atoms with E-state index in [1.54, 1.807) is 30.3 Å². The molecule has 1 unspecified atom stereocenters. The Labute approximate surface area is 101 Å². The average molecular weight is 257 g/mol. The van der Waals surface area contributed by atoms with Crippen LogP contribution in [0.3, 0.4) is 0 Å². The molecular formula is C11H15NO4S. The van der Waals surface area contributed by atoms with E-state index in [2.05, 4.69) is 0 Å². The first-order valence-corrected chi connectivity index (χ1v) is 6.60. The molecule has 0 aliphatic heterocycles. The normalized spacial score (nSPS) is 13.1. The van der Waals surface area contributed by atoms with Gasteiger partial charge in [-0.3, -0.25) is 9.10 Å². The monoisotopic (exact) mass is 257 g/mol. The summed E-state index contributed by atoms with van der Waals surface area (Å²) in [6, 6.07) is 8.55. The summed E-state index contributed by atoms with van der Waals surface area (Å²) < 4.78 is 25.2. The molecule has 0 saturated carbocycles. The van der Waals surface area contributed by atoms with Crippen molar-refractivity contribution >= 4 is 21.7 Å². The summed E-state index contributed by atoms with van der Waals surface area (Å²) in [6.07, 6.45) is -0.403. The maximum Gasteiger partial charge on any atom is 0.304 e. The van der Waals surface area contributed by atoms with Gasteiger partial charge in [-0.1, -0.05) is 18.2 Å². The molecule has 0 bridgehead atoms. The number of carboxylic acids is 1. The van der Waals surface area contributed by atoms with E-state index in [4.69, 9.17) is 5.11 Å². The third-order valence-electron chi connectivity index (χ3n) is 2.47. The van der Waals surface area contributed by atoms with Gasteiger partial charge >= 0.3 is 5.97 Å². The molecule has 94 valence electrons. The minimum Gasteiger partial charge on any atom is -0.481 e. The zero-order valence-corrected chi connectivity index (χ0v) is 10.5. The van der Waals surface area contributed by atoms with E-state index in [0.29, 0.717) is 5.69 Å². The molecular weight excluding hydrogens is 242 g/mol. The molecule has 1 rings (SSSR count). The number of benzene rings is 1. The molecule has 0 aliphatic rings. The predicted molar refractivity (Wildman–Crippen MR) is 65.5 cm³/mol. The standard InChI is InChI=1S/C11H15NO4S/c1-9(8-11(13)14)17(15,16)12(2)10-6-4-3-5-7-10/h3-7,9H,8H2,1-2H3,(H,13,14). The van der Waals surface area contributed by atoms with Crippen LogP contribution in [-0.4, -0.2) is 31.8 Å². The molecule has 1 atom stereocenters. The topological polar surface area (TPSA) is 74.7 Å². The molecule has 0 radical (unpaired) electrons. The van der Waals surface area contributed by atoms with Crippen LogP contribution in [0.5, 0.6) is 0 Å². The van der Waals surface area contributed by atoms with Crippen molar-refractivity contribution in [3.05, 3.63) is 30.3 Å². The Bertz CT molecular complexity index is 483. The second-order valence-electron chi connectivity index (χ2n) is 3.76. The summed E-state index contributed by atoms with van der Waals surface area (Å²) in [5, 5.41) is 7.66. The highest BCUT2D eigenvalue weighted by Crippen LogP contribution is 2.19. The minimum atomic E-state index is -3.63. The SMILES string of the molecule is CC(CC(=O)O)S(=O)(=O)N(C)c1ccccc1. The lowest BCUT2D eigenvalue weighted by Crippen LogP contribution is -2.35. The van der Waals surface area contributed by atoms with E-state index in [1.165, 1.54) is 14.0 Å². The quantitative estimate of drug-likeness (QED) is 0.863. The third kappa shape index (κ3) is 3.20. The van der Waals surface area contributed by atoms with Crippen LogP contribution >= 0.6 is 0 Å². The summed E-state index contributed by atoms with van der Waals surface area (Å²) in [7, 11) is -2.21. The first-order valence-electron chi connectivity index (χ1n) is 5.10. The molecule has 5 nitrogen and oxygen atoms in total. The van der Waals surface area contributed by atoms with Gasteiger partial charge in [0, 0.05) is 7.05 Å². The van der Waals surface area contributed by atoms with Crippen LogP contribution in [0.4, 0.5) is 5.69 Å². The molecule has 1 aromatic rings. The summed E-state index contributed by atoms with van der Waals surface area (Å²) in [6.45, 7) is 1.39. The Kier molecular flexibility index (Phi) is 4.11. The van der Waals surface area contributed by atoms with E-state index in [1.807, 2.05) is 0 Å². The number of sulfonamides is 1. The van der Waals surface area contributed by atoms with Crippen molar-refractivity contribution in [2.24, 2.45) is 0 Å². The lowest BCUT2D eigenvalue weighted by atomic mass is 10.3. The first kappa shape index (κ1) is 13.5. The molecule has 0 saturated heterocycles. The Hall–Kier alpha value is -1.56. The van der Waals surface area contributed by atoms with Gasteiger partial charge in [0.15, 0.2) is 0 Å². The minimum absolute atomic E-state index is 0.403. The lowest BCUT2D eigenvalue weighted by molar-refractivity contribution is -0.136. The van der Waals surface area contributed by atoms with Crippen LogP contribution in [0.2, 0.25) is 0 Å². The largest absolute Gasteiger partial charge is 0.481 e. The fourth-order valence-corrected chi connectivity index (χ4v) is 2.71. The fourth-order valence-electron chi connectivity index (χ4n) is 1.41. The van der Waals surface area contributed by atoms with E-state index in [-0.39, 0.29) is 0 Å². The van der Waals surface area contributed by atoms with Crippen molar-refractivity contribution < 1.29 is 18.3 Å². The molecule has 0 aromatic heterocycles. The molecule has 1 N–H and O–H groups in total. The van der Waals surface area contributed by atoms with Crippen molar-refractivity contribution in [2.45, 2.75) is 18.6 Å². The smallest absolute Gasteiger partial charge is 0.304 e. The molecule has 1 aromatic carbocycles. The molecule has 0 spiro atoms. The van der Waals surface area contributed by atoms with Gasteiger partial charge in [0.2, 0.25) is 10.0 Å². The Balaban J connectivity index is 2.95.